The third-order valence-corrected chi connectivity index (χ3v) is 4.77. The minimum atomic E-state index is -0.591. The second kappa shape index (κ2) is 8.80. The summed E-state index contributed by atoms with van der Waals surface area (Å²) in [5, 5.41) is 4.18. The lowest BCUT2D eigenvalue weighted by Crippen LogP contribution is -2.31. The fourth-order valence-electron chi connectivity index (χ4n) is 2.99. The van der Waals surface area contributed by atoms with Crippen molar-refractivity contribution >= 4 is 34.4 Å². The van der Waals surface area contributed by atoms with Crippen molar-refractivity contribution in [3.63, 3.8) is 0 Å². The lowest BCUT2D eigenvalue weighted by Gasteiger charge is -2.19. The standard InChI is InChI=1S/C21H20ClNO5/c1-26-14-7-8-15-13(12-28-19(15)10-14)9-20(24)23-18(11-21(25)27-2)16-5-3-4-6-17(16)22/h3-8,10,12,18H,9,11H2,1-2H3,(H,23,24). The molecule has 1 heterocycles. The van der Waals surface area contributed by atoms with Crippen molar-refractivity contribution < 1.29 is 23.5 Å². The van der Waals surface area contributed by atoms with E-state index in [1.165, 1.54) is 7.11 Å². The van der Waals surface area contributed by atoms with E-state index < -0.39 is 12.0 Å². The zero-order chi connectivity index (χ0) is 20.1. The number of ether oxygens (including phenoxy) is 2. The Labute approximate surface area is 167 Å². The predicted molar refractivity (Wildman–Crippen MR) is 105 cm³/mol. The molecule has 3 rings (SSSR count). The minimum absolute atomic E-state index is 0.0185. The van der Waals surface area contributed by atoms with Crippen molar-refractivity contribution in [2.45, 2.75) is 18.9 Å². The molecule has 0 saturated heterocycles. The first-order chi connectivity index (χ1) is 13.5. The molecule has 0 aliphatic rings. The summed E-state index contributed by atoms with van der Waals surface area (Å²) in [7, 11) is 2.88. The number of benzene rings is 2. The SMILES string of the molecule is COC(=O)CC(NC(=O)Cc1coc2cc(OC)ccc12)c1ccccc1Cl. The maximum Gasteiger partial charge on any atom is 0.307 e. The van der Waals surface area contributed by atoms with E-state index in [0.29, 0.717) is 21.9 Å². The van der Waals surface area contributed by atoms with Gasteiger partial charge in [0.1, 0.15) is 11.3 Å². The summed E-state index contributed by atoms with van der Waals surface area (Å²) in [6.07, 6.45) is 1.63. The van der Waals surface area contributed by atoms with Crippen molar-refractivity contribution in [3.05, 3.63) is 64.9 Å². The molecule has 1 aromatic heterocycles. The highest BCUT2D eigenvalue weighted by Crippen LogP contribution is 2.28. The van der Waals surface area contributed by atoms with E-state index >= 15 is 0 Å². The van der Waals surface area contributed by atoms with Crippen molar-refractivity contribution in [1.29, 1.82) is 0 Å². The summed E-state index contributed by atoms with van der Waals surface area (Å²) < 4.78 is 15.5. The van der Waals surface area contributed by atoms with Crippen LogP contribution in [-0.2, 0) is 20.7 Å². The smallest absolute Gasteiger partial charge is 0.307 e. The van der Waals surface area contributed by atoms with E-state index in [4.69, 9.17) is 25.5 Å². The van der Waals surface area contributed by atoms with E-state index in [2.05, 4.69) is 5.32 Å². The monoisotopic (exact) mass is 401 g/mol. The number of nitrogens with one attached hydrogen (secondary N) is 1. The maximum absolute atomic E-state index is 12.7. The predicted octanol–water partition coefficient (Wildman–Crippen LogP) is 4.06. The summed E-state index contributed by atoms with van der Waals surface area (Å²) in [5.74, 6) is -0.0203. The number of hydrogen-bond acceptors (Lipinski definition) is 5. The van der Waals surface area contributed by atoms with Crippen LogP contribution in [0.5, 0.6) is 5.75 Å². The topological polar surface area (TPSA) is 77.8 Å². The zero-order valence-electron chi connectivity index (χ0n) is 15.5. The van der Waals surface area contributed by atoms with Gasteiger partial charge in [-0.15, -0.1) is 0 Å². The molecular weight excluding hydrogens is 382 g/mol. The molecule has 28 heavy (non-hydrogen) atoms. The number of fused-ring (bicyclic) bond motifs is 1. The van der Waals surface area contributed by atoms with E-state index in [9.17, 15) is 9.59 Å². The molecule has 1 amide bonds. The van der Waals surface area contributed by atoms with E-state index in [-0.39, 0.29) is 18.7 Å². The first-order valence-electron chi connectivity index (χ1n) is 8.66. The van der Waals surface area contributed by atoms with Gasteiger partial charge in [-0.3, -0.25) is 9.59 Å². The molecule has 0 spiro atoms. The summed E-state index contributed by atoms with van der Waals surface area (Å²) in [6.45, 7) is 0. The highest BCUT2D eigenvalue weighted by atomic mass is 35.5. The molecule has 0 fully saturated rings. The second-order valence-electron chi connectivity index (χ2n) is 6.22. The lowest BCUT2D eigenvalue weighted by molar-refractivity contribution is -0.141. The van der Waals surface area contributed by atoms with Crippen LogP contribution in [0.15, 0.2) is 53.1 Å². The molecule has 0 aliphatic heterocycles. The average Bonchev–Trinajstić information content (AvgIpc) is 3.09. The van der Waals surface area contributed by atoms with Gasteiger partial charge in [0.15, 0.2) is 0 Å². The molecule has 6 nitrogen and oxygen atoms in total. The first-order valence-corrected chi connectivity index (χ1v) is 9.04. The lowest BCUT2D eigenvalue weighted by atomic mass is 10.0. The molecule has 0 aliphatic carbocycles. The Bertz CT molecular complexity index is 997. The average molecular weight is 402 g/mol. The molecule has 0 radical (unpaired) electrons. The van der Waals surface area contributed by atoms with Crippen LogP contribution in [0, 0.1) is 0 Å². The summed E-state index contributed by atoms with van der Waals surface area (Å²) >= 11 is 6.25. The van der Waals surface area contributed by atoms with Gasteiger partial charge in [-0.25, -0.2) is 0 Å². The Morgan fingerprint density at radius 1 is 1.18 bits per heavy atom. The molecule has 7 heteroatoms. The molecule has 0 bridgehead atoms. The van der Waals surface area contributed by atoms with Crippen LogP contribution < -0.4 is 10.1 Å². The van der Waals surface area contributed by atoms with E-state index in [1.54, 1.807) is 43.7 Å². The highest BCUT2D eigenvalue weighted by molar-refractivity contribution is 6.31. The molecular formula is C21H20ClNO5. The summed E-state index contributed by atoms with van der Waals surface area (Å²) in [6, 6.07) is 11.9. The molecule has 1 N–H and O–H groups in total. The van der Waals surface area contributed by atoms with Crippen LogP contribution in [0.25, 0.3) is 11.0 Å². The maximum atomic E-state index is 12.7. The van der Waals surface area contributed by atoms with Crippen molar-refractivity contribution in [2.75, 3.05) is 14.2 Å². The van der Waals surface area contributed by atoms with Crippen molar-refractivity contribution in [2.24, 2.45) is 0 Å². The molecule has 1 unspecified atom stereocenters. The van der Waals surface area contributed by atoms with Crippen LogP contribution in [0.4, 0.5) is 0 Å². The fourth-order valence-corrected chi connectivity index (χ4v) is 3.26. The Balaban J connectivity index is 1.78. The number of carbonyl (C=O) groups excluding carboxylic acids is 2. The van der Waals surface area contributed by atoms with Gasteiger partial charge in [-0.1, -0.05) is 29.8 Å². The second-order valence-corrected chi connectivity index (χ2v) is 6.63. The summed E-state index contributed by atoms with van der Waals surface area (Å²) in [4.78, 5) is 24.5. The minimum Gasteiger partial charge on any atom is -0.497 e. The van der Waals surface area contributed by atoms with E-state index in [0.717, 1.165) is 10.9 Å². The Kier molecular flexibility index (Phi) is 6.21. The van der Waals surface area contributed by atoms with Crippen LogP contribution in [0.3, 0.4) is 0 Å². The van der Waals surface area contributed by atoms with Crippen LogP contribution in [-0.4, -0.2) is 26.1 Å². The number of amides is 1. The van der Waals surface area contributed by atoms with Crippen LogP contribution in [0.2, 0.25) is 5.02 Å². The number of furan rings is 1. The largest absolute Gasteiger partial charge is 0.497 e. The fraction of sp³-hybridized carbons (Fsp3) is 0.238. The van der Waals surface area contributed by atoms with Crippen molar-refractivity contribution in [1.82, 2.24) is 5.32 Å². The molecule has 3 aromatic rings. The third-order valence-electron chi connectivity index (χ3n) is 4.43. The van der Waals surface area contributed by atoms with Crippen molar-refractivity contribution in [3.8, 4) is 5.75 Å². The number of methoxy groups -OCH3 is 2. The summed E-state index contributed by atoms with van der Waals surface area (Å²) in [5.41, 5.74) is 2.04. The number of halogens is 1. The molecule has 0 saturated carbocycles. The molecule has 2 aromatic carbocycles. The Morgan fingerprint density at radius 3 is 2.68 bits per heavy atom. The van der Waals surface area contributed by atoms with Gasteiger partial charge in [0, 0.05) is 22.0 Å². The Hall–Kier alpha value is -2.99. The first kappa shape index (κ1) is 19.8. The number of esters is 1. The van der Waals surface area contributed by atoms with Gasteiger partial charge >= 0.3 is 5.97 Å². The van der Waals surface area contributed by atoms with Crippen LogP contribution in [0.1, 0.15) is 23.6 Å². The van der Waals surface area contributed by atoms with Gasteiger partial charge in [-0.2, -0.15) is 0 Å². The highest BCUT2D eigenvalue weighted by Gasteiger charge is 2.22. The zero-order valence-corrected chi connectivity index (χ0v) is 16.3. The van der Waals surface area contributed by atoms with Crippen LogP contribution >= 0.6 is 11.6 Å². The van der Waals surface area contributed by atoms with Gasteiger partial charge < -0.3 is 19.2 Å². The quantitative estimate of drug-likeness (QED) is 0.604. The molecule has 146 valence electrons. The van der Waals surface area contributed by atoms with Gasteiger partial charge in [0.05, 0.1) is 39.4 Å². The van der Waals surface area contributed by atoms with Gasteiger partial charge in [0.25, 0.3) is 0 Å². The third kappa shape index (κ3) is 4.46. The Morgan fingerprint density at radius 2 is 1.96 bits per heavy atom. The van der Waals surface area contributed by atoms with E-state index in [1.807, 2.05) is 12.1 Å². The number of rotatable bonds is 7. The van der Waals surface area contributed by atoms with Gasteiger partial charge in [-0.05, 0) is 23.8 Å². The van der Waals surface area contributed by atoms with Gasteiger partial charge in [0.2, 0.25) is 5.91 Å². The normalized spacial score (nSPS) is 11.8. The number of carbonyl (C=O) groups is 2. The number of hydrogen-bond donors (Lipinski definition) is 1. The molecule has 1 atom stereocenters.